The van der Waals surface area contributed by atoms with Crippen LogP contribution in [0.1, 0.15) is 25.7 Å². The van der Waals surface area contributed by atoms with Gasteiger partial charge in [0.1, 0.15) is 0 Å². The van der Waals surface area contributed by atoms with Gasteiger partial charge in [0, 0.05) is 19.5 Å². The van der Waals surface area contributed by atoms with Crippen LogP contribution in [-0.2, 0) is 4.79 Å². The van der Waals surface area contributed by atoms with Crippen molar-refractivity contribution in [3.8, 4) is 0 Å². The summed E-state index contributed by atoms with van der Waals surface area (Å²) < 4.78 is 0. The van der Waals surface area contributed by atoms with Crippen LogP contribution >= 0.6 is 0 Å². The Bertz CT molecular complexity index is 227. The molecule has 2 heterocycles. The second-order valence-electron chi connectivity index (χ2n) is 4.70. The van der Waals surface area contributed by atoms with Crippen LogP contribution in [0.3, 0.4) is 0 Å². The van der Waals surface area contributed by atoms with Crippen LogP contribution in [0.5, 0.6) is 0 Å². The summed E-state index contributed by atoms with van der Waals surface area (Å²) in [7, 11) is 0. The summed E-state index contributed by atoms with van der Waals surface area (Å²) in [5.74, 6) is 0.726. The average molecular weight is 212 g/mol. The van der Waals surface area contributed by atoms with E-state index >= 15 is 0 Å². The zero-order chi connectivity index (χ0) is 10.7. The first-order valence-corrected chi connectivity index (χ1v) is 5.92. The fourth-order valence-electron chi connectivity index (χ4n) is 2.44. The number of aliphatic hydroxyl groups excluding tert-OH is 1. The third-order valence-electron chi connectivity index (χ3n) is 3.38. The van der Waals surface area contributed by atoms with Gasteiger partial charge in [0.25, 0.3) is 0 Å². The number of hydrogen-bond donors (Lipinski definition) is 2. The Hall–Kier alpha value is -0.610. The van der Waals surface area contributed by atoms with E-state index in [0.29, 0.717) is 18.9 Å². The molecule has 0 aromatic heterocycles. The lowest BCUT2D eigenvalue weighted by atomic mass is 9.96. The Morgan fingerprint density at radius 2 is 2.33 bits per heavy atom. The Morgan fingerprint density at radius 1 is 1.47 bits per heavy atom. The van der Waals surface area contributed by atoms with E-state index in [1.54, 1.807) is 4.90 Å². The smallest absolute Gasteiger partial charge is 0.222 e. The molecule has 0 aromatic carbocycles. The molecule has 2 N–H and O–H groups in total. The lowest BCUT2D eigenvalue weighted by molar-refractivity contribution is -0.131. The number of hydrogen-bond acceptors (Lipinski definition) is 3. The van der Waals surface area contributed by atoms with E-state index in [-0.39, 0.29) is 12.0 Å². The molecule has 2 fully saturated rings. The molecule has 2 rings (SSSR count). The van der Waals surface area contributed by atoms with Crippen molar-refractivity contribution in [1.29, 1.82) is 0 Å². The summed E-state index contributed by atoms with van der Waals surface area (Å²) in [6, 6.07) is 0. The van der Waals surface area contributed by atoms with E-state index in [4.69, 9.17) is 0 Å². The zero-order valence-electron chi connectivity index (χ0n) is 9.11. The maximum atomic E-state index is 11.8. The number of piperidine rings is 1. The highest BCUT2D eigenvalue weighted by atomic mass is 16.3. The van der Waals surface area contributed by atoms with Crippen molar-refractivity contribution in [2.24, 2.45) is 5.92 Å². The molecule has 2 aliphatic rings. The van der Waals surface area contributed by atoms with Crippen molar-refractivity contribution in [2.75, 3.05) is 26.2 Å². The summed E-state index contributed by atoms with van der Waals surface area (Å²) >= 11 is 0. The first-order chi connectivity index (χ1) is 7.25. The minimum absolute atomic E-state index is 0.222. The fourth-order valence-corrected chi connectivity index (χ4v) is 2.44. The van der Waals surface area contributed by atoms with Crippen LogP contribution in [0.25, 0.3) is 0 Å². The van der Waals surface area contributed by atoms with E-state index in [1.807, 2.05) is 0 Å². The van der Waals surface area contributed by atoms with Gasteiger partial charge in [-0.2, -0.15) is 0 Å². The molecule has 0 radical (unpaired) electrons. The van der Waals surface area contributed by atoms with Crippen molar-refractivity contribution in [1.82, 2.24) is 10.2 Å². The molecule has 0 aromatic rings. The molecule has 0 spiro atoms. The van der Waals surface area contributed by atoms with Crippen molar-refractivity contribution < 1.29 is 9.90 Å². The third-order valence-corrected chi connectivity index (χ3v) is 3.38. The van der Waals surface area contributed by atoms with Gasteiger partial charge < -0.3 is 15.3 Å². The quantitative estimate of drug-likeness (QED) is 0.676. The zero-order valence-corrected chi connectivity index (χ0v) is 9.11. The first kappa shape index (κ1) is 10.9. The van der Waals surface area contributed by atoms with Crippen LogP contribution in [0, 0.1) is 5.92 Å². The first-order valence-electron chi connectivity index (χ1n) is 5.92. The van der Waals surface area contributed by atoms with E-state index in [0.717, 1.165) is 32.5 Å². The highest BCUT2D eigenvalue weighted by molar-refractivity contribution is 5.76. The SMILES string of the molecule is O=C(CC1CCCNC1)N1CC[C@@H](O)C1. The summed E-state index contributed by atoms with van der Waals surface area (Å²) in [5.41, 5.74) is 0. The van der Waals surface area contributed by atoms with Crippen LogP contribution in [-0.4, -0.2) is 48.2 Å². The fraction of sp³-hybridized carbons (Fsp3) is 0.909. The van der Waals surface area contributed by atoms with E-state index in [9.17, 15) is 9.90 Å². The van der Waals surface area contributed by atoms with Gasteiger partial charge in [-0.25, -0.2) is 0 Å². The van der Waals surface area contributed by atoms with Gasteiger partial charge in [0.15, 0.2) is 0 Å². The third kappa shape index (κ3) is 2.92. The van der Waals surface area contributed by atoms with E-state index < -0.39 is 0 Å². The Labute approximate surface area is 90.6 Å². The molecule has 0 saturated carbocycles. The molecule has 0 bridgehead atoms. The molecule has 2 atom stereocenters. The van der Waals surface area contributed by atoms with Crippen molar-refractivity contribution >= 4 is 5.91 Å². The van der Waals surface area contributed by atoms with Gasteiger partial charge in [-0.15, -0.1) is 0 Å². The van der Waals surface area contributed by atoms with Crippen molar-refractivity contribution in [3.63, 3.8) is 0 Å². The van der Waals surface area contributed by atoms with Crippen molar-refractivity contribution in [3.05, 3.63) is 0 Å². The molecule has 2 saturated heterocycles. The molecule has 86 valence electrons. The Balaban J connectivity index is 1.76. The van der Waals surface area contributed by atoms with Gasteiger partial charge in [-0.1, -0.05) is 0 Å². The lowest BCUT2D eigenvalue weighted by Gasteiger charge is -2.24. The number of β-amino-alcohol motifs (C(OH)–C–C–N with tert-alkyl or cyclic N) is 1. The number of aliphatic hydroxyl groups is 1. The minimum atomic E-state index is -0.293. The number of rotatable bonds is 2. The van der Waals surface area contributed by atoms with Gasteiger partial charge in [-0.3, -0.25) is 4.79 Å². The summed E-state index contributed by atoms with van der Waals surface area (Å²) in [4.78, 5) is 13.7. The minimum Gasteiger partial charge on any atom is -0.391 e. The second-order valence-corrected chi connectivity index (χ2v) is 4.70. The topological polar surface area (TPSA) is 52.6 Å². The monoisotopic (exact) mass is 212 g/mol. The molecule has 4 nitrogen and oxygen atoms in total. The van der Waals surface area contributed by atoms with Gasteiger partial charge in [0.05, 0.1) is 6.10 Å². The number of nitrogens with zero attached hydrogens (tertiary/aromatic N) is 1. The lowest BCUT2D eigenvalue weighted by Crippen LogP contribution is -2.36. The molecule has 1 amide bonds. The molecule has 1 unspecified atom stereocenters. The standard InChI is InChI=1S/C11H20N2O2/c14-10-3-5-13(8-10)11(15)6-9-2-1-4-12-7-9/h9-10,12,14H,1-8H2/t9?,10-/m1/s1. The van der Waals surface area contributed by atoms with Crippen LogP contribution in [0.15, 0.2) is 0 Å². The molecule has 15 heavy (non-hydrogen) atoms. The van der Waals surface area contributed by atoms with Gasteiger partial charge >= 0.3 is 0 Å². The Morgan fingerprint density at radius 3 is 2.93 bits per heavy atom. The normalized spacial score (nSPS) is 31.9. The maximum Gasteiger partial charge on any atom is 0.222 e. The predicted molar refractivity (Wildman–Crippen MR) is 57.4 cm³/mol. The highest BCUT2D eigenvalue weighted by Gasteiger charge is 2.26. The average Bonchev–Trinajstić information content (AvgIpc) is 2.66. The summed E-state index contributed by atoms with van der Waals surface area (Å²) in [6.45, 7) is 3.34. The summed E-state index contributed by atoms with van der Waals surface area (Å²) in [5, 5.41) is 12.7. The largest absolute Gasteiger partial charge is 0.391 e. The molecular weight excluding hydrogens is 192 g/mol. The van der Waals surface area contributed by atoms with Gasteiger partial charge in [-0.05, 0) is 38.3 Å². The van der Waals surface area contributed by atoms with E-state index in [2.05, 4.69) is 5.32 Å². The van der Waals surface area contributed by atoms with Crippen molar-refractivity contribution in [2.45, 2.75) is 31.8 Å². The van der Waals surface area contributed by atoms with Gasteiger partial charge in [0.2, 0.25) is 5.91 Å². The van der Waals surface area contributed by atoms with Crippen LogP contribution in [0.4, 0.5) is 0 Å². The number of carbonyl (C=O) groups is 1. The predicted octanol–water partition coefficient (Wildman–Crippen LogP) is -0.0307. The second kappa shape index (κ2) is 4.94. The Kier molecular flexibility index (Phi) is 3.59. The van der Waals surface area contributed by atoms with E-state index in [1.165, 1.54) is 6.42 Å². The number of nitrogens with one attached hydrogen (secondary N) is 1. The number of carbonyl (C=O) groups excluding carboxylic acids is 1. The molecular formula is C11H20N2O2. The van der Waals surface area contributed by atoms with Crippen LogP contribution < -0.4 is 5.32 Å². The number of amides is 1. The summed E-state index contributed by atoms with van der Waals surface area (Å²) in [6.07, 6.45) is 3.45. The molecule has 2 aliphatic heterocycles. The number of likely N-dealkylation sites (tertiary alicyclic amines) is 1. The highest BCUT2D eigenvalue weighted by Crippen LogP contribution is 2.17. The maximum absolute atomic E-state index is 11.8. The van der Waals surface area contributed by atoms with Crippen LogP contribution in [0.2, 0.25) is 0 Å². The molecule has 4 heteroatoms. The molecule has 0 aliphatic carbocycles.